The van der Waals surface area contributed by atoms with Gasteiger partial charge in [-0.1, -0.05) is 13.0 Å². The number of nitrogens with zero attached hydrogens (tertiary/aromatic N) is 1. The Kier molecular flexibility index (Phi) is 3.01. The zero-order valence-corrected chi connectivity index (χ0v) is 7.86. The van der Waals surface area contributed by atoms with Crippen LogP contribution in [0, 0.1) is 5.92 Å². The van der Waals surface area contributed by atoms with Gasteiger partial charge in [-0.25, -0.2) is 0 Å². The Morgan fingerprint density at radius 2 is 2.38 bits per heavy atom. The van der Waals surface area contributed by atoms with Gasteiger partial charge in [-0.2, -0.15) is 0 Å². The summed E-state index contributed by atoms with van der Waals surface area (Å²) in [5, 5.41) is 0. The maximum absolute atomic E-state index is 11.0. The summed E-state index contributed by atoms with van der Waals surface area (Å²) in [6.45, 7) is 3.48. The molecule has 0 fully saturated rings. The van der Waals surface area contributed by atoms with E-state index in [0.29, 0.717) is 5.57 Å². The van der Waals surface area contributed by atoms with E-state index >= 15 is 0 Å². The van der Waals surface area contributed by atoms with E-state index in [-0.39, 0.29) is 11.8 Å². The fourth-order valence-corrected chi connectivity index (χ4v) is 1.29. The quantitative estimate of drug-likeness (QED) is 0.602. The largest absolute Gasteiger partial charge is 0.298 e. The van der Waals surface area contributed by atoms with Gasteiger partial charge >= 0.3 is 0 Å². The lowest BCUT2D eigenvalue weighted by molar-refractivity contribution is -0.124. The minimum absolute atomic E-state index is 0.0786. The second-order valence-corrected chi connectivity index (χ2v) is 3.03. The lowest BCUT2D eigenvalue weighted by Crippen LogP contribution is -2.22. The van der Waals surface area contributed by atoms with Gasteiger partial charge < -0.3 is 0 Å². The van der Waals surface area contributed by atoms with Crippen LogP contribution in [0.15, 0.2) is 24.0 Å². The summed E-state index contributed by atoms with van der Waals surface area (Å²) in [6.07, 6.45) is 6.89. The molecule has 3 nitrogen and oxygen atoms in total. The van der Waals surface area contributed by atoms with Gasteiger partial charge in [-0.05, 0) is 6.42 Å². The van der Waals surface area contributed by atoms with Crippen LogP contribution in [0.1, 0.15) is 20.3 Å². The molecule has 0 spiro atoms. The normalized spacial score (nSPS) is 21.2. The number of hydrogen-bond acceptors (Lipinski definition) is 2. The monoisotopic (exact) mass is 179 g/mol. The first-order valence-electron chi connectivity index (χ1n) is 4.33. The van der Waals surface area contributed by atoms with E-state index < -0.39 is 0 Å². The molecule has 13 heavy (non-hydrogen) atoms. The minimum Gasteiger partial charge on any atom is -0.298 e. The number of hydrogen-bond donors (Lipinski definition) is 0. The zero-order chi connectivity index (χ0) is 9.84. The van der Waals surface area contributed by atoms with Gasteiger partial charge in [0.15, 0.2) is 0 Å². The average molecular weight is 179 g/mol. The van der Waals surface area contributed by atoms with Gasteiger partial charge in [-0.3, -0.25) is 14.5 Å². The highest BCUT2D eigenvalue weighted by Crippen LogP contribution is 2.20. The van der Waals surface area contributed by atoms with Crippen molar-refractivity contribution >= 4 is 12.2 Å². The van der Waals surface area contributed by atoms with Gasteiger partial charge in [-0.15, -0.1) is 0 Å². The molecule has 0 aliphatic carbocycles. The van der Waals surface area contributed by atoms with Crippen molar-refractivity contribution < 1.29 is 9.59 Å². The van der Waals surface area contributed by atoms with Crippen molar-refractivity contribution in [3.8, 4) is 0 Å². The average Bonchev–Trinajstić information content (AvgIpc) is 2.16. The predicted octanol–water partition coefficient (Wildman–Crippen LogP) is 1.47. The summed E-state index contributed by atoms with van der Waals surface area (Å²) in [5.74, 6) is 0.0817. The number of carbonyl (C=O) groups excluding carboxylic acids is 2. The second-order valence-electron chi connectivity index (χ2n) is 3.03. The summed E-state index contributed by atoms with van der Waals surface area (Å²) in [6, 6.07) is 0. The molecule has 3 heteroatoms. The van der Waals surface area contributed by atoms with Crippen LogP contribution in [0.25, 0.3) is 0 Å². The van der Waals surface area contributed by atoms with Crippen LogP contribution >= 0.6 is 0 Å². The fraction of sp³-hybridized carbons (Fsp3) is 0.400. The van der Waals surface area contributed by atoms with Crippen molar-refractivity contribution in [3.05, 3.63) is 24.0 Å². The van der Waals surface area contributed by atoms with E-state index in [1.807, 2.05) is 13.0 Å². The van der Waals surface area contributed by atoms with E-state index in [4.69, 9.17) is 0 Å². The minimum atomic E-state index is -0.0786. The molecule has 0 saturated carbocycles. The number of carbonyl (C=O) groups is 2. The van der Waals surface area contributed by atoms with Crippen molar-refractivity contribution in [2.45, 2.75) is 20.3 Å². The third-order valence-electron chi connectivity index (χ3n) is 2.13. The Bertz CT molecular complexity index is 279. The molecular formula is C10H13NO2. The van der Waals surface area contributed by atoms with Gasteiger partial charge in [0.25, 0.3) is 0 Å². The van der Waals surface area contributed by atoms with E-state index in [9.17, 15) is 9.59 Å². The molecule has 1 heterocycles. The number of amides is 1. The number of rotatable bonds is 2. The van der Waals surface area contributed by atoms with Crippen molar-refractivity contribution in [2.24, 2.45) is 5.92 Å². The van der Waals surface area contributed by atoms with Gasteiger partial charge in [0, 0.05) is 30.8 Å². The molecule has 1 aliphatic rings. The molecule has 1 rings (SSSR count). The number of aldehydes is 1. The molecule has 0 aromatic rings. The third kappa shape index (κ3) is 2.05. The van der Waals surface area contributed by atoms with Gasteiger partial charge in [0.2, 0.25) is 5.91 Å². The molecular weight excluding hydrogens is 166 g/mol. The SMILES string of the molecule is CCC1C=CN(C(C)=O)C=C1C=O. The molecule has 0 N–H and O–H groups in total. The Hall–Kier alpha value is -1.38. The molecule has 0 aromatic carbocycles. The highest BCUT2D eigenvalue weighted by atomic mass is 16.2. The fourth-order valence-electron chi connectivity index (χ4n) is 1.29. The molecule has 0 aromatic heterocycles. The molecule has 70 valence electrons. The Balaban J connectivity index is 2.85. The van der Waals surface area contributed by atoms with Gasteiger partial charge in [0.05, 0.1) is 0 Å². The third-order valence-corrected chi connectivity index (χ3v) is 2.13. The summed E-state index contributed by atoms with van der Waals surface area (Å²) < 4.78 is 0. The first-order chi connectivity index (χ1) is 6.19. The summed E-state index contributed by atoms with van der Waals surface area (Å²) in [4.78, 5) is 23.1. The summed E-state index contributed by atoms with van der Waals surface area (Å²) >= 11 is 0. The van der Waals surface area contributed by atoms with Crippen LogP contribution in [0.4, 0.5) is 0 Å². The molecule has 1 atom stereocenters. The number of allylic oxidation sites excluding steroid dienone is 2. The first-order valence-corrected chi connectivity index (χ1v) is 4.33. The molecule has 0 saturated heterocycles. The smallest absolute Gasteiger partial charge is 0.227 e. The molecule has 0 radical (unpaired) electrons. The molecule has 1 amide bonds. The van der Waals surface area contributed by atoms with Crippen LogP contribution in [0.3, 0.4) is 0 Å². The van der Waals surface area contributed by atoms with Crippen molar-refractivity contribution in [2.75, 3.05) is 0 Å². The van der Waals surface area contributed by atoms with Crippen LogP contribution in [-0.2, 0) is 9.59 Å². The van der Waals surface area contributed by atoms with Crippen molar-refractivity contribution in [1.82, 2.24) is 4.90 Å². The van der Waals surface area contributed by atoms with Crippen LogP contribution in [-0.4, -0.2) is 17.1 Å². The Labute approximate surface area is 77.7 Å². The maximum Gasteiger partial charge on any atom is 0.227 e. The van der Waals surface area contributed by atoms with Crippen LogP contribution in [0.5, 0.6) is 0 Å². The highest BCUT2D eigenvalue weighted by molar-refractivity contribution is 5.80. The lowest BCUT2D eigenvalue weighted by Gasteiger charge is -2.21. The maximum atomic E-state index is 11.0. The van der Waals surface area contributed by atoms with Gasteiger partial charge in [0.1, 0.15) is 6.29 Å². The van der Waals surface area contributed by atoms with E-state index in [2.05, 4.69) is 0 Å². The first kappa shape index (κ1) is 9.71. The highest BCUT2D eigenvalue weighted by Gasteiger charge is 2.15. The second kappa shape index (κ2) is 4.03. The Morgan fingerprint density at radius 3 is 2.85 bits per heavy atom. The predicted molar refractivity (Wildman–Crippen MR) is 49.6 cm³/mol. The summed E-state index contributed by atoms with van der Waals surface area (Å²) in [5.41, 5.74) is 0.667. The van der Waals surface area contributed by atoms with E-state index in [1.54, 1.807) is 12.4 Å². The molecule has 1 aliphatic heterocycles. The lowest BCUT2D eigenvalue weighted by atomic mass is 9.96. The standard InChI is InChI=1S/C10H13NO2/c1-3-9-4-5-11(8(2)13)6-10(9)7-12/h4-7,9H,3H2,1-2H3. The summed E-state index contributed by atoms with van der Waals surface area (Å²) in [7, 11) is 0. The van der Waals surface area contributed by atoms with Crippen LogP contribution < -0.4 is 0 Å². The van der Waals surface area contributed by atoms with E-state index in [1.165, 1.54) is 11.8 Å². The molecule has 1 unspecified atom stereocenters. The Morgan fingerprint density at radius 1 is 1.69 bits per heavy atom. The zero-order valence-electron chi connectivity index (χ0n) is 7.86. The van der Waals surface area contributed by atoms with Crippen molar-refractivity contribution in [1.29, 1.82) is 0 Å². The van der Waals surface area contributed by atoms with E-state index in [0.717, 1.165) is 12.7 Å². The molecule has 0 bridgehead atoms. The van der Waals surface area contributed by atoms with Crippen LogP contribution in [0.2, 0.25) is 0 Å². The van der Waals surface area contributed by atoms with Crippen molar-refractivity contribution in [3.63, 3.8) is 0 Å². The topological polar surface area (TPSA) is 37.4 Å².